The van der Waals surface area contributed by atoms with Crippen molar-refractivity contribution in [2.75, 3.05) is 7.05 Å². The lowest BCUT2D eigenvalue weighted by atomic mass is 9.90. The van der Waals surface area contributed by atoms with Gasteiger partial charge in [0.15, 0.2) is 0 Å². The summed E-state index contributed by atoms with van der Waals surface area (Å²) in [5.74, 6) is -0.650. The first-order valence-electron chi connectivity index (χ1n) is 7.87. The predicted octanol–water partition coefficient (Wildman–Crippen LogP) is 3.78. The summed E-state index contributed by atoms with van der Waals surface area (Å²) in [7, 11) is 1.69. The number of likely N-dealkylation sites (N-methyl/N-ethyl adjacent to an activating group) is 1. The Morgan fingerprint density at radius 3 is 2.00 bits per heavy atom. The highest BCUT2D eigenvalue weighted by molar-refractivity contribution is 5.82. The molecule has 0 aliphatic carbocycles. The molecule has 0 radical (unpaired) electrons. The summed E-state index contributed by atoms with van der Waals surface area (Å²) in [5.41, 5.74) is 2.08. The topological polar surface area (TPSA) is 20.3 Å². The summed E-state index contributed by atoms with van der Waals surface area (Å²) < 4.78 is 14.6. The molecule has 118 valence electrons. The molecule has 3 rings (SSSR count). The van der Waals surface area contributed by atoms with Crippen LogP contribution in [0.15, 0.2) is 72.6 Å². The molecule has 2 aromatic rings. The first-order valence-corrected chi connectivity index (χ1v) is 7.87. The first-order chi connectivity index (χ1) is 11.1. The van der Waals surface area contributed by atoms with Gasteiger partial charge in [0.25, 0.3) is 0 Å². The number of nitrogens with zero attached hydrogens (tertiary/aromatic N) is 1. The van der Waals surface area contributed by atoms with E-state index in [0.717, 1.165) is 11.1 Å². The third-order valence-electron chi connectivity index (χ3n) is 4.38. The molecule has 2 atom stereocenters. The van der Waals surface area contributed by atoms with E-state index in [1.165, 1.54) is 6.08 Å². The Morgan fingerprint density at radius 1 is 0.913 bits per heavy atom. The molecule has 0 saturated carbocycles. The molecular weight excluding hydrogens is 289 g/mol. The minimum absolute atomic E-state index is 0.0174. The fraction of sp³-hybridized carbons (Fsp3) is 0.250. The molecule has 0 spiro atoms. The number of hydrogen-bond donors (Lipinski definition) is 0. The number of rotatable bonds is 4. The molecule has 0 saturated heterocycles. The monoisotopic (exact) mass is 309 g/mol. The second-order valence-corrected chi connectivity index (χ2v) is 6.00. The van der Waals surface area contributed by atoms with E-state index in [0.29, 0.717) is 12.8 Å². The van der Waals surface area contributed by atoms with Crippen LogP contribution in [0.5, 0.6) is 0 Å². The zero-order valence-electron chi connectivity index (χ0n) is 13.2. The number of carbonyl (C=O) groups is 1. The Hall–Kier alpha value is -2.42. The van der Waals surface area contributed by atoms with Crippen LogP contribution in [0.3, 0.4) is 0 Å². The maximum absolute atomic E-state index is 14.6. The fourth-order valence-electron chi connectivity index (χ4n) is 3.06. The van der Waals surface area contributed by atoms with Crippen molar-refractivity contribution in [3.8, 4) is 0 Å². The average Bonchev–Trinajstić information content (AvgIpc) is 2.58. The Kier molecular flexibility index (Phi) is 4.56. The summed E-state index contributed by atoms with van der Waals surface area (Å²) in [4.78, 5) is 14.1. The standard InChI is InChI=1S/C20H20FNO/c1-22-19(13-16-10-6-3-7-11-16)18(21)14-17(20(22)23)12-15-8-4-2-5-9-15/h2-11,14,17,19H,12-13H2,1H3/t17-,19-/m1/s1. The number of benzene rings is 2. The van der Waals surface area contributed by atoms with Crippen molar-refractivity contribution in [2.24, 2.45) is 5.92 Å². The van der Waals surface area contributed by atoms with Gasteiger partial charge < -0.3 is 4.90 Å². The Labute approximate surface area is 136 Å². The van der Waals surface area contributed by atoms with Gasteiger partial charge in [0.2, 0.25) is 5.91 Å². The molecule has 3 heteroatoms. The highest BCUT2D eigenvalue weighted by Crippen LogP contribution is 2.27. The lowest BCUT2D eigenvalue weighted by Gasteiger charge is -2.34. The van der Waals surface area contributed by atoms with Crippen LogP contribution in [0.1, 0.15) is 11.1 Å². The maximum atomic E-state index is 14.6. The first kappa shape index (κ1) is 15.5. The van der Waals surface area contributed by atoms with Crippen LogP contribution >= 0.6 is 0 Å². The van der Waals surface area contributed by atoms with Gasteiger partial charge >= 0.3 is 0 Å². The van der Waals surface area contributed by atoms with Gasteiger partial charge in [-0.2, -0.15) is 0 Å². The Bertz CT molecular complexity index is 696. The average molecular weight is 309 g/mol. The van der Waals surface area contributed by atoms with Crippen molar-refractivity contribution in [1.82, 2.24) is 4.90 Å². The summed E-state index contributed by atoms with van der Waals surface area (Å²) >= 11 is 0. The molecule has 0 N–H and O–H groups in total. The molecule has 2 aromatic carbocycles. The summed E-state index contributed by atoms with van der Waals surface area (Å²) in [6, 6.07) is 18.9. The van der Waals surface area contributed by atoms with Gasteiger partial charge in [0.1, 0.15) is 5.83 Å². The van der Waals surface area contributed by atoms with Gasteiger partial charge in [-0.1, -0.05) is 60.7 Å². The van der Waals surface area contributed by atoms with Crippen molar-refractivity contribution in [1.29, 1.82) is 0 Å². The molecule has 0 aromatic heterocycles. The fourth-order valence-corrected chi connectivity index (χ4v) is 3.06. The van der Waals surface area contributed by atoms with E-state index in [2.05, 4.69) is 0 Å². The van der Waals surface area contributed by atoms with Gasteiger partial charge in [0.05, 0.1) is 12.0 Å². The molecule has 1 aliphatic heterocycles. The van der Waals surface area contributed by atoms with Gasteiger partial charge in [0, 0.05) is 7.05 Å². The van der Waals surface area contributed by atoms with E-state index in [9.17, 15) is 9.18 Å². The van der Waals surface area contributed by atoms with Gasteiger partial charge in [-0.05, 0) is 30.0 Å². The minimum atomic E-state index is -0.503. The van der Waals surface area contributed by atoms with Crippen LogP contribution in [-0.4, -0.2) is 23.9 Å². The van der Waals surface area contributed by atoms with Crippen molar-refractivity contribution in [3.05, 3.63) is 83.7 Å². The van der Waals surface area contributed by atoms with Crippen LogP contribution in [0.4, 0.5) is 4.39 Å². The molecule has 0 fully saturated rings. The van der Waals surface area contributed by atoms with Crippen molar-refractivity contribution in [2.45, 2.75) is 18.9 Å². The van der Waals surface area contributed by atoms with Crippen LogP contribution in [0.25, 0.3) is 0 Å². The van der Waals surface area contributed by atoms with Crippen LogP contribution in [-0.2, 0) is 17.6 Å². The van der Waals surface area contributed by atoms with Crippen LogP contribution in [0.2, 0.25) is 0 Å². The number of carbonyl (C=O) groups excluding carboxylic acids is 1. The lowest BCUT2D eigenvalue weighted by Crippen LogP contribution is -2.46. The smallest absolute Gasteiger partial charge is 0.230 e. The Morgan fingerprint density at radius 2 is 1.43 bits per heavy atom. The number of amides is 1. The van der Waals surface area contributed by atoms with E-state index in [1.54, 1.807) is 11.9 Å². The molecule has 23 heavy (non-hydrogen) atoms. The Balaban J connectivity index is 1.78. The molecule has 2 nitrogen and oxygen atoms in total. The number of halogens is 1. The van der Waals surface area contributed by atoms with Crippen molar-refractivity contribution < 1.29 is 9.18 Å². The normalized spacial score (nSPS) is 21.2. The van der Waals surface area contributed by atoms with Gasteiger partial charge in [-0.3, -0.25) is 4.79 Å². The summed E-state index contributed by atoms with van der Waals surface area (Å²) in [6.07, 6.45) is 2.54. The summed E-state index contributed by atoms with van der Waals surface area (Å²) in [5, 5.41) is 0. The lowest BCUT2D eigenvalue weighted by molar-refractivity contribution is -0.135. The van der Waals surface area contributed by atoms with E-state index in [-0.39, 0.29) is 11.7 Å². The highest BCUT2D eigenvalue weighted by atomic mass is 19.1. The van der Waals surface area contributed by atoms with Crippen LogP contribution in [0, 0.1) is 5.92 Å². The second-order valence-electron chi connectivity index (χ2n) is 6.00. The van der Waals surface area contributed by atoms with E-state index in [4.69, 9.17) is 0 Å². The molecule has 1 aliphatic rings. The third kappa shape index (κ3) is 3.50. The summed E-state index contributed by atoms with van der Waals surface area (Å²) in [6.45, 7) is 0. The van der Waals surface area contributed by atoms with Crippen molar-refractivity contribution in [3.63, 3.8) is 0 Å². The largest absolute Gasteiger partial charge is 0.336 e. The van der Waals surface area contributed by atoms with Crippen LogP contribution < -0.4 is 0 Å². The molecule has 0 bridgehead atoms. The minimum Gasteiger partial charge on any atom is -0.336 e. The second kappa shape index (κ2) is 6.78. The molecule has 1 heterocycles. The van der Waals surface area contributed by atoms with Crippen molar-refractivity contribution >= 4 is 5.91 Å². The van der Waals surface area contributed by atoms with Gasteiger partial charge in [-0.25, -0.2) is 4.39 Å². The van der Waals surface area contributed by atoms with E-state index < -0.39 is 12.0 Å². The van der Waals surface area contributed by atoms with Gasteiger partial charge in [-0.15, -0.1) is 0 Å². The zero-order valence-corrected chi connectivity index (χ0v) is 13.2. The van der Waals surface area contributed by atoms with E-state index in [1.807, 2.05) is 60.7 Å². The third-order valence-corrected chi connectivity index (χ3v) is 4.38. The zero-order chi connectivity index (χ0) is 16.2. The SMILES string of the molecule is CN1C(=O)[C@H](Cc2ccccc2)C=C(F)[C@H]1Cc1ccccc1. The molecule has 0 unspecified atom stereocenters. The maximum Gasteiger partial charge on any atom is 0.230 e. The predicted molar refractivity (Wildman–Crippen MR) is 89.5 cm³/mol. The molecule has 1 amide bonds. The molecular formula is C20H20FNO. The van der Waals surface area contributed by atoms with E-state index >= 15 is 0 Å². The quantitative estimate of drug-likeness (QED) is 0.841. The highest BCUT2D eigenvalue weighted by Gasteiger charge is 2.34. The number of hydrogen-bond acceptors (Lipinski definition) is 1.